The maximum atomic E-state index is 11.1. The fourth-order valence-electron chi connectivity index (χ4n) is 1.74. The maximum absolute atomic E-state index is 11.1. The van der Waals surface area contributed by atoms with Crippen molar-refractivity contribution in [2.24, 2.45) is 0 Å². The van der Waals surface area contributed by atoms with Gasteiger partial charge in [0.25, 0.3) is 0 Å². The van der Waals surface area contributed by atoms with Crippen LogP contribution in [0, 0.1) is 0 Å². The third-order valence-electron chi connectivity index (χ3n) is 2.56. The monoisotopic (exact) mass is 259 g/mol. The fraction of sp³-hybridized carbons (Fsp3) is 0.364. The Morgan fingerprint density at radius 2 is 2.29 bits per heavy atom. The summed E-state index contributed by atoms with van der Waals surface area (Å²) in [6, 6.07) is 4.97. The smallest absolute Gasteiger partial charge is 0.407 e. The maximum Gasteiger partial charge on any atom is 0.407 e. The Bertz CT molecular complexity index is 410. The molecule has 1 aliphatic rings. The predicted molar refractivity (Wildman–Crippen MR) is 63.7 cm³/mol. The molecule has 0 unspecified atom stereocenters. The third kappa shape index (κ3) is 2.74. The van der Waals surface area contributed by atoms with Gasteiger partial charge in [-0.05, 0) is 6.07 Å². The molecule has 1 fully saturated rings. The predicted octanol–water partition coefficient (Wildman–Crippen LogP) is 1.99. The fourth-order valence-corrected chi connectivity index (χ4v) is 1.74. The lowest BCUT2D eigenvalue weighted by molar-refractivity contribution is 0.115. The number of benzene rings is 1. The first-order chi connectivity index (χ1) is 7.72. The molecular formula is C11H14ClNO4. The Labute approximate surface area is 105 Å². The van der Waals surface area contributed by atoms with E-state index in [0.717, 1.165) is 0 Å². The van der Waals surface area contributed by atoms with Crippen molar-refractivity contribution in [2.75, 3.05) is 13.7 Å². The van der Waals surface area contributed by atoms with E-state index in [0.29, 0.717) is 24.3 Å². The van der Waals surface area contributed by atoms with E-state index in [9.17, 15) is 9.90 Å². The van der Waals surface area contributed by atoms with Crippen molar-refractivity contribution < 1.29 is 19.4 Å². The molecule has 0 saturated carbocycles. The molecule has 1 aromatic carbocycles. The molecule has 5 nitrogen and oxygen atoms in total. The van der Waals surface area contributed by atoms with Gasteiger partial charge in [-0.1, -0.05) is 12.1 Å². The van der Waals surface area contributed by atoms with E-state index in [1.54, 1.807) is 18.2 Å². The largest absolute Gasteiger partial charge is 0.504 e. The second-order valence-electron chi connectivity index (χ2n) is 3.52. The van der Waals surface area contributed by atoms with E-state index in [1.165, 1.54) is 7.11 Å². The van der Waals surface area contributed by atoms with Crippen LogP contribution in [0.15, 0.2) is 18.2 Å². The molecule has 0 aliphatic carbocycles. The highest BCUT2D eigenvalue weighted by atomic mass is 35.5. The van der Waals surface area contributed by atoms with Crippen molar-refractivity contribution >= 4 is 18.5 Å². The number of alkyl carbamates (subject to hydrolysis) is 1. The van der Waals surface area contributed by atoms with Crippen molar-refractivity contribution in [1.29, 1.82) is 0 Å². The summed E-state index contributed by atoms with van der Waals surface area (Å²) in [6.45, 7) is 0.354. The van der Waals surface area contributed by atoms with E-state index in [-0.39, 0.29) is 24.2 Å². The van der Waals surface area contributed by atoms with Gasteiger partial charge >= 0.3 is 6.09 Å². The number of phenols is 1. The number of aromatic hydroxyl groups is 1. The molecular weight excluding hydrogens is 246 g/mol. The number of halogens is 1. The Hall–Kier alpha value is -1.62. The number of para-hydroxylation sites is 1. The van der Waals surface area contributed by atoms with Crippen molar-refractivity contribution in [1.82, 2.24) is 5.32 Å². The van der Waals surface area contributed by atoms with Crippen molar-refractivity contribution in [2.45, 2.75) is 12.5 Å². The number of carbonyl (C=O) groups excluding carboxylic acids is 1. The van der Waals surface area contributed by atoms with Crippen LogP contribution < -0.4 is 10.1 Å². The highest BCUT2D eigenvalue weighted by Gasteiger charge is 2.24. The zero-order valence-electron chi connectivity index (χ0n) is 9.30. The van der Waals surface area contributed by atoms with Gasteiger partial charge in [-0.2, -0.15) is 0 Å². The second-order valence-corrected chi connectivity index (χ2v) is 3.52. The minimum atomic E-state index is -0.460. The average Bonchev–Trinajstić information content (AvgIpc) is 2.29. The number of rotatable bonds is 2. The van der Waals surface area contributed by atoms with Crippen LogP contribution in [0.2, 0.25) is 0 Å². The second kappa shape index (κ2) is 5.63. The molecule has 0 aromatic heterocycles. The van der Waals surface area contributed by atoms with Crippen LogP contribution in [0.25, 0.3) is 0 Å². The highest BCUT2D eigenvalue weighted by molar-refractivity contribution is 5.85. The van der Waals surface area contributed by atoms with E-state index in [4.69, 9.17) is 9.47 Å². The molecule has 94 valence electrons. The highest BCUT2D eigenvalue weighted by Crippen LogP contribution is 2.35. The van der Waals surface area contributed by atoms with Crippen LogP contribution >= 0.6 is 12.4 Å². The third-order valence-corrected chi connectivity index (χ3v) is 2.56. The lowest BCUT2D eigenvalue weighted by Gasteiger charge is -2.24. The van der Waals surface area contributed by atoms with Crippen molar-refractivity contribution in [3.8, 4) is 11.5 Å². The topological polar surface area (TPSA) is 67.8 Å². The number of phenolic OH excluding ortho intramolecular Hbond substituents is 1. The lowest BCUT2D eigenvalue weighted by atomic mass is 10.0. The van der Waals surface area contributed by atoms with Gasteiger partial charge in [0.05, 0.1) is 19.8 Å². The molecule has 1 amide bonds. The molecule has 0 spiro atoms. The van der Waals surface area contributed by atoms with Crippen molar-refractivity contribution in [3.05, 3.63) is 23.8 Å². The first-order valence-electron chi connectivity index (χ1n) is 5.01. The van der Waals surface area contributed by atoms with Gasteiger partial charge in [-0.25, -0.2) is 4.79 Å². The zero-order chi connectivity index (χ0) is 11.5. The molecule has 1 heterocycles. The number of cyclic esters (lactones) is 1. The van der Waals surface area contributed by atoms with Gasteiger partial charge in [0.1, 0.15) is 0 Å². The van der Waals surface area contributed by atoms with Crippen LogP contribution in [0.5, 0.6) is 11.5 Å². The van der Waals surface area contributed by atoms with E-state index in [2.05, 4.69) is 5.32 Å². The number of nitrogens with one attached hydrogen (secondary N) is 1. The summed E-state index contributed by atoms with van der Waals surface area (Å²) < 4.78 is 9.77. The molecule has 1 aromatic rings. The van der Waals surface area contributed by atoms with Gasteiger partial charge in [-0.3, -0.25) is 0 Å². The first kappa shape index (κ1) is 13.4. The normalized spacial score (nSPS) is 18.6. The summed E-state index contributed by atoms with van der Waals surface area (Å²) in [7, 11) is 1.49. The molecule has 2 N–H and O–H groups in total. The van der Waals surface area contributed by atoms with Crippen LogP contribution in [-0.2, 0) is 4.74 Å². The number of hydrogen-bond donors (Lipinski definition) is 2. The average molecular weight is 260 g/mol. The van der Waals surface area contributed by atoms with Crippen LogP contribution in [0.3, 0.4) is 0 Å². The summed E-state index contributed by atoms with van der Waals surface area (Å²) in [5, 5.41) is 12.6. The Morgan fingerprint density at radius 1 is 1.53 bits per heavy atom. The van der Waals surface area contributed by atoms with E-state index < -0.39 is 6.09 Å². The molecule has 2 rings (SSSR count). The molecule has 1 atom stereocenters. The summed E-state index contributed by atoms with van der Waals surface area (Å²) in [4.78, 5) is 11.1. The van der Waals surface area contributed by atoms with Crippen LogP contribution in [-0.4, -0.2) is 24.9 Å². The molecule has 0 radical (unpaired) electrons. The molecule has 17 heavy (non-hydrogen) atoms. The van der Waals surface area contributed by atoms with Gasteiger partial charge < -0.3 is 19.9 Å². The Kier molecular flexibility index (Phi) is 4.45. The number of carbonyl (C=O) groups is 1. The minimum Gasteiger partial charge on any atom is -0.504 e. The van der Waals surface area contributed by atoms with Crippen LogP contribution in [0.4, 0.5) is 4.79 Å². The Balaban J connectivity index is 0.00000144. The first-order valence-corrected chi connectivity index (χ1v) is 5.01. The quantitative estimate of drug-likeness (QED) is 0.852. The number of methoxy groups -OCH3 is 1. The number of hydrogen-bond acceptors (Lipinski definition) is 4. The van der Waals surface area contributed by atoms with E-state index in [1.807, 2.05) is 0 Å². The van der Waals surface area contributed by atoms with Crippen molar-refractivity contribution in [3.63, 3.8) is 0 Å². The standard InChI is InChI=1S/C11H13NO4.ClH/c1-15-9-4-2-3-7(10(9)13)8-5-6-16-11(14)12-8;/h2-4,8,13H,5-6H2,1H3,(H,12,14);1H/t8-;/m0./s1. The summed E-state index contributed by atoms with van der Waals surface area (Å²) >= 11 is 0. The number of amides is 1. The summed E-state index contributed by atoms with van der Waals surface area (Å²) in [5.74, 6) is 0.468. The lowest BCUT2D eigenvalue weighted by Crippen LogP contribution is -2.35. The summed E-state index contributed by atoms with van der Waals surface area (Å²) in [6.07, 6.45) is 0.172. The van der Waals surface area contributed by atoms with Gasteiger partial charge in [-0.15, -0.1) is 12.4 Å². The van der Waals surface area contributed by atoms with E-state index >= 15 is 0 Å². The van der Waals surface area contributed by atoms with Crippen LogP contribution in [0.1, 0.15) is 18.0 Å². The van der Waals surface area contributed by atoms with Gasteiger partial charge in [0.2, 0.25) is 0 Å². The zero-order valence-corrected chi connectivity index (χ0v) is 10.1. The van der Waals surface area contributed by atoms with Gasteiger partial charge in [0, 0.05) is 12.0 Å². The minimum absolute atomic E-state index is 0. The molecule has 6 heteroatoms. The molecule has 0 bridgehead atoms. The Morgan fingerprint density at radius 3 is 2.94 bits per heavy atom. The molecule has 1 saturated heterocycles. The van der Waals surface area contributed by atoms with Gasteiger partial charge in [0.15, 0.2) is 11.5 Å². The summed E-state index contributed by atoms with van der Waals surface area (Å²) in [5.41, 5.74) is 0.649. The number of ether oxygens (including phenoxy) is 2. The molecule has 1 aliphatic heterocycles. The SMILES string of the molecule is COc1cccc([C@@H]2CCOC(=O)N2)c1O.Cl.